The van der Waals surface area contributed by atoms with Gasteiger partial charge in [0.2, 0.25) is 0 Å². The van der Waals surface area contributed by atoms with Gasteiger partial charge in [0, 0.05) is 4.91 Å². The van der Waals surface area contributed by atoms with Crippen molar-refractivity contribution in [1.29, 1.82) is 0 Å². The molecule has 23 heavy (non-hydrogen) atoms. The van der Waals surface area contributed by atoms with Crippen LogP contribution >= 0.6 is 0 Å². The molecule has 130 valence electrons. The molecule has 1 aliphatic heterocycles. The van der Waals surface area contributed by atoms with Gasteiger partial charge in [-0.1, -0.05) is 37.0 Å². The summed E-state index contributed by atoms with van der Waals surface area (Å²) in [4.78, 5) is 14.3. The van der Waals surface area contributed by atoms with E-state index in [0.717, 1.165) is 19.3 Å². The number of unbranched alkanes of at least 4 members (excludes halogenated alkanes) is 1. The first kappa shape index (κ1) is 19.5. The highest BCUT2D eigenvalue weighted by Gasteiger charge is 2.39. The molecular formula is C16H27N3O4. The summed E-state index contributed by atoms with van der Waals surface area (Å²) < 4.78 is 16.3. The average Bonchev–Trinajstić information content (AvgIpc) is 2.81. The molecule has 1 aliphatic rings. The van der Waals surface area contributed by atoms with E-state index in [1.807, 2.05) is 26.0 Å². The summed E-state index contributed by atoms with van der Waals surface area (Å²) in [6, 6.07) is 0. The zero-order valence-electron chi connectivity index (χ0n) is 14.4. The second-order valence-electron chi connectivity index (χ2n) is 6.12. The Hall–Kier alpha value is -1.56. The Bertz CT molecular complexity index is 458. The molecule has 7 nitrogen and oxygen atoms in total. The Morgan fingerprint density at radius 2 is 2.22 bits per heavy atom. The van der Waals surface area contributed by atoms with Crippen LogP contribution < -0.4 is 0 Å². The van der Waals surface area contributed by atoms with Gasteiger partial charge in [-0.25, -0.2) is 0 Å². The number of ether oxygens (including phenoxy) is 3. The fraction of sp³-hybridized carbons (Fsp3) is 0.812. The van der Waals surface area contributed by atoms with Crippen LogP contribution in [0.15, 0.2) is 17.3 Å². The Labute approximate surface area is 137 Å². The van der Waals surface area contributed by atoms with Crippen molar-refractivity contribution in [2.75, 3.05) is 13.7 Å². The standard InChI is InChI=1S/C16H27N3O4/c1-5-6-7-12(10-15(20)21-4)8-9-13-14(11-18-19-17)23-16(2,3)22-13/h8-9,12-14H,5-7,10-11H2,1-4H3/b9-8+/t12-,13+,14-/m1/s1. The number of azide groups is 1. The molecule has 1 heterocycles. The summed E-state index contributed by atoms with van der Waals surface area (Å²) >= 11 is 0. The van der Waals surface area contributed by atoms with Gasteiger partial charge < -0.3 is 14.2 Å². The lowest BCUT2D eigenvalue weighted by atomic mass is 9.97. The summed E-state index contributed by atoms with van der Waals surface area (Å²) in [5.41, 5.74) is 8.48. The maximum absolute atomic E-state index is 11.5. The maximum Gasteiger partial charge on any atom is 0.306 e. The minimum absolute atomic E-state index is 0.106. The van der Waals surface area contributed by atoms with Crippen molar-refractivity contribution < 1.29 is 19.0 Å². The van der Waals surface area contributed by atoms with E-state index < -0.39 is 5.79 Å². The van der Waals surface area contributed by atoms with Gasteiger partial charge in [-0.05, 0) is 31.7 Å². The van der Waals surface area contributed by atoms with Gasteiger partial charge in [-0.15, -0.1) is 0 Å². The SMILES string of the molecule is CCCC[C@H](/C=C/[C@@H]1OC(C)(C)O[C@@H]1CN=[N+]=[N-])CC(=O)OC. The molecular weight excluding hydrogens is 298 g/mol. The predicted octanol–water partition coefficient (Wildman–Crippen LogP) is 3.74. The zero-order valence-corrected chi connectivity index (χ0v) is 14.4. The summed E-state index contributed by atoms with van der Waals surface area (Å²) in [6.07, 6.45) is 6.67. The van der Waals surface area contributed by atoms with E-state index in [1.54, 1.807) is 0 Å². The predicted molar refractivity (Wildman–Crippen MR) is 86.6 cm³/mol. The van der Waals surface area contributed by atoms with Crippen molar-refractivity contribution in [3.05, 3.63) is 22.6 Å². The van der Waals surface area contributed by atoms with Gasteiger partial charge in [-0.2, -0.15) is 0 Å². The molecule has 0 aromatic rings. The van der Waals surface area contributed by atoms with E-state index in [9.17, 15) is 4.79 Å². The number of rotatable bonds is 9. The second-order valence-corrected chi connectivity index (χ2v) is 6.12. The molecule has 0 saturated carbocycles. The van der Waals surface area contributed by atoms with Gasteiger partial charge >= 0.3 is 5.97 Å². The van der Waals surface area contributed by atoms with Crippen LogP contribution in [-0.2, 0) is 19.0 Å². The molecule has 0 bridgehead atoms. The van der Waals surface area contributed by atoms with Crippen LogP contribution in [0.2, 0.25) is 0 Å². The molecule has 0 aliphatic carbocycles. The molecule has 0 aromatic carbocycles. The minimum atomic E-state index is -0.716. The van der Waals surface area contributed by atoms with Crippen LogP contribution in [0.3, 0.4) is 0 Å². The Morgan fingerprint density at radius 3 is 2.83 bits per heavy atom. The zero-order chi connectivity index (χ0) is 17.3. The molecule has 1 rings (SSSR count). The number of hydrogen-bond donors (Lipinski definition) is 0. The first-order valence-corrected chi connectivity index (χ1v) is 8.03. The molecule has 1 saturated heterocycles. The van der Waals surface area contributed by atoms with Gasteiger partial charge in [0.25, 0.3) is 0 Å². The molecule has 0 N–H and O–H groups in total. The van der Waals surface area contributed by atoms with Crippen LogP contribution in [0, 0.1) is 5.92 Å². The number of hydrogen-bond acceptors (Lipinski definition) is 5. The lowest BCUT2D eigenvalue weighted by molar-refractivity contribution is -0.142. The number of esters is 1. The average molecular weight is 325 g/mol. The molecule has 0 radical (unpaired) electrons. The van der Waals surface area contributed by atoms with Crippen LogP contribution in [-0.4, -0.2) is 37.6 Å². The lowest BCUT2D eigenvalue weighted by Crippen LogP contribution is -2.24. The molecule has 3 atom stereocenters. The normalized spacial score (nSPS) is 24.3. The van der Waals surface area contributed by atoms with Gasteiger partial charge in [0.1, 0.15) is 6.10 Å². The summed E-state index contributed by atoms with van der Waals surface area (Å²) in [5.74, 6) is -0.827. The molecule has 1 fully saturated rings. The quantitative estimate of drug-likeness (QED) is 0.212. The monoisotopic (exact) mass is 325 g/mol. The largest absolute Gasteiger partial charge is 0.469 e. The number of allylic oxidation sites excluding steroid dienone is 1. The topological polar surface area (TPSA) is 93.5 Å². The third kappa shape index (κ3) is 7.03. The molecule has 0 amide bonds. The molecule has 0 unspecified atom stereocenters. The van der Waals surface area contributed by atoms with Crippen molar-refractivity contribution in [2.24, 2.45) is 11.0 Å². The fourth-order valence-corrected chi connectivity index (χ4v) is 2.58. The first-order chi connectivity index (χ1) is 10.9. The number of carbonyl (C=O) groups excluding carboxylic acids is 1. The number of methoxy groups -OCH3 is 1. The summed E-state index contributed by atoms with van der Waals surface area (Å²) in [7, 11) is 1.40. The van der Waals surface area contributed by atoms with Crippen molar-refractivity contribution in [3.8, 4) is 0 Å². The third-order valence-corrected chi connectivity index (χ3v) is 3.70. The van der Waals surface area contributed by atoms with E-state index in [-0.39, 0.29) is 30.6 Å². The smallest absolute Gasteiger partial charge is 0.306 e. The number of carbonyl (C=O) groups is 1. The molecule has 7 heteroatoms. The van der Waals surface area contributed by atoms with Crippen molar-refractivity contribution in [3.63, 3.8) is 0 Å². The van der Waals surface area contributed by atoms with Gasteiger partial charge in [0.05, 0.1) is 26.2 Å². The highest BCUT2D eigenvalue weighted by molar-refractivity contribution is 5.69. The Morgan fingerprint density at radius 1 is 1.48 bits per heavy atom. The summed E-state index contributed by atoms with van der Waals surface area (Å²) in [6.45, 7) is 5.98. The molecule has 0 spiro atoms. The van der Waals surface area contributed by atoms with Crippen molar-refractivity contribution in [1.82, 2.24) is 0 Å². The van der Waals surface area contributed by atoms with Crippen LogP contribution in [0.1, 0.15) is 46.5 Å². The highest BCUT2D eigenvalue weighted by atomic mass is 16.7. The van der Waals surface area contributed by atoms with E-state index in [1.165, 1.54) is 7.11 Å². The van der Waals surface area contributed by atoms with Gasteiger partial charge in [0.15, 0.2) is 5.79 Å². The van der Waals surface area contributed by atoms with Crippen molar-refractivity contribution in [2.45, 2.75) is 64.4 Å². The fourth-order valence-electron chi connectivity index (χ4n) is 2.58. The van der Waals surface area contributed by atoms with E-state index in [2.05, 4.69) is 16.9 Å². The van der Waals surface area contributed by atoms with Crippen LogP contribution in [0.4, 0.5) is 0 Å². The second kappa shape index (κ2) is 9.55. The van der Waals surface area contributed by atoms with Crippen LogP contribution in [0.25, 0.3) is 10.4 Å². The van der Waals surface area contributed by atoms with E-state index in [4.69, 9.17) is 19.7 Å². The van der Waals surface area contributed by atoms with Crippen LogP contribution in [0.5, 0.6) is 0 Å². The van der Waals surface area contributed by atoms with Crippen molar-refractivity contribution >= 4 is 5.97 Å². The first-order valence-electron chi connectivity index (χ1n) is 8.03. The Kier molecular flexibility index (Phi) is 8.09. The lowest BCUT2D eigenvalue weighted by Gasteiger charge is -2.16. The minimum Gasteiger partial charge on any atom is -0.469 e. The Balaban J connectivity index is 2.74. The van der Waals surface area contributed by atoms with E-state index in [0.29, 0.717) is 6.42 Å². The third-order valence-electron chi connectivity index (χ3n) is 3.70. The van der Waals surface area contributed by atoms with Gasteiger partial charge in [-0.3, -0.25) is 4.79 Å². The van der Waals surface area contributed by atoms with E-state index >= 15 is 0 Å². The maximum atomic E-state index is 11.5. The summed E-state index contributed by atoms with van der Waals surface area (Å²) in [5, 5.41) is 3.58. The molecule has 0 aromatic heterocycles. The highest BCUT2D eigenvalue weighted by Crippen LogP contribution is 2.30. The number of nitrogens with zero attached hydrogens (tertiary/aromatic N) is 3.